The SMILES string of the molecule is COc1ccc(S(=O)(=O)N[C@H](C)CO)cc1OC. The van der Waals surface area contributed by atoms with Crippen molar-refractivity contribution in [2.24, 2.45) is 0 Å². The molecule has 1 rings (SSSR count). The van der Waals surface area contributed by atoms with E-state index in [4.69, 9.17) is 14.6 Å². The van der Waals surface area contributed by atoms with Gasteiger partial charge in [0.25, 0.3) is 0 Å². The van der Waals surface area contributed by atoms with Crippen LogP contribution in [0.5, 0.6) is 11.5 Å². The lowest BCUT2D eigenvalue weighted by molar-refractivity contribution is 0.265. The molecule has 0 saturated heterocycles. The molecule has 6 nitrogen and oxygen atoms in total. The zero-order valence-corrected chi connectivity index (χ0v) is 11.3. The molecule has 0 aliphatic carbocycles. The van der Waals surface area contributed by atoms with Crippen molar-refractivity contribution in [1.29, 1.82) is 0 Å². The summed E-state index contributed by atoms with van der Waals surface area (Å²) in [6.07, 6.45) is 0. The standard InChI is InChI=1S/C11H17NO5S/c1-8(7-13)12-18(14,15)9-4-5-10(16-2)11(6-9)17-3/h4-6,8,12-13H,7H2,1-3H3/t8-/m1/s1. The molecular weight excluding hydrogens is 258 g/mol. The topological polar surface area (TPSA) is 84.9 Å². The summed E-state index contributed by atoms with van der Waals surface area (Å²) < 4.78 is 36.3. The number of benzene rings is 1. The molecule has 0 fully saturated rings. The van der Waals surface area contributed by atoms with Crippen LogP contribution < -0.4 is 14.2 Å². The number of rotatable bonds is 6. The van der Waals surface area contributed by atoms with Crippen molar-refractivity contribution in [2.45, 2.75) is 17.9 Å². The summed E-state index contributed by atoms with van der Waals surface area (Å²) >= 11 is 0. The van der Waals surface area contributed by atoms with Crippen LogP contribution in [0.4, 0.5) is 0 Å². The second-order valence-electron chi connectivity index (χ2n) is 3.72. The van der Waals surface area contributed by atoms with Gasteiger partial charge in [-0.2, -0.15) is 0 Å². The van der Waals surface area contributed by atoms with Gasteiger partial charge in [-0.25, -0.2) is 13.1 Å². The Balaban J connectivity index is 3.10. The van der Waals surface area contributed by atoms with Crippen LogP contribution >= 0.6 is 0 Å². The normalized spacial score (nSPS) is 13.1. The number of aliphatic hydroxyl groups is 1. The minimum absolute atomic E-state index is 0.0560. The summed E-state index contributed by atoms with van der Waals surface area (Å²) in [4.78, 5) is 0.0560. The molecule has 0 spiro atoms. The van der Waals surface area contributed by atoms with E-state index in [2.05, 4.69) is 4.72 Å². The fourth-order valence-electron chi connectivity index (χ4n) is 1.35. The van der Waals surface area contributed by atoms with E-state index < -0.39 is 16.1 Å². The number of hydrogen-bond donors (Lipinski definition) is 2. The van der Waals surface area contributed by atoms with Crippen molar-refractivity contribution < 1.29 is 23.0 Å². The smallest absolute Gasteiger partial charge is 0.241 e. The molecule has 18 heavy (non-hydrogen) atoms. The highest BCUT2D eigenvalue weighted by atomic mass is 32.2. The predicted molar refractivity (Wildman–Crippen MR) is 66.4 cm³/mol. The maximum absolute atomic E-state index is 12.0. The van der Waals surface area contributed by atoms with Gasteiger partial charge in [0, 0.05) is 12.1 Å². The molecule has 2 N–H and O–H groups in total. The second kappa shape index (κ2) is 6.03. The lowest BCUT2D eigenvalue weighted by Gasteiger charge is -2.13. The molecular formula is C11H17NO5S. The third kappa shape index (κ3) is 3.34. The molecule has 102 valence electrons. The van der Waals surface area contributed by atoms with E-state index in [9.17, 15) is 8.42 Å². The Kier molecular flexibility index (Phi) is 4.94. The van der Waals surface area contributed by atoms with Gasteiger partial charge in [-0.15, -0.1) is 0 Å². The molecule has 0 aromatic heterocycles. The number of nitrogens with one attached hydrogen (secondary N) is 1. The average Bonchev–Trinajstić information content (AvgIpc) is 2.37. The molecule has 7 heteroatoms. The van der Waals surface area contributed by atoms with Gasteiger partial charge >= 0.3 is 0 Å². The second-order valence-corrected chi connectivity index (χ2v) is 5.44. The van der Waals surface area contributed by atoms with Crippen LogP contribution in [-0.2, 0) is 10.0 Å². The number of hydrogen-bond acceptors (Lipinski definition) is 5. The molecule has 0 radical (unpaired) electrons. The van der Waals surface area contributed by atoms with Crippen LogP contribution in [0.1, 0.15) is 6.92 Å². The van der Waals surface area contributed by atoms with Crippen molar-refractivity contribution in [2.75, 3.05) is 20.8 Å². The first kappa shape index (κ1) is 14.7. The molecule has 1 atom stereocenters. The van der Waals surface area contributed by atoms with Crippen LogP contribution in [0, 0.1) is 0 Å². The highest BCUT2D eigenvalue weighted by Gasteiger charge is 2.19. The minimum Gasteiger partial charge on any atom is -0.493 e. The highest BCUT2D eigenvalue weighted by Crippen LogP contribution is 2.29. The van der Waals surface area contributed by atoms with Gasteiger partial charge in [0.15, 0.2) is 11.5 Å². The van der Waals surface area contributed by atoms with Crippen LogP contribution in [0.2, 0.25) is 0 Å². The Bertz CT molecular complexity index is 500. The molecule has 0 aliphatic heterocycles. The molecule has 0 amide bonds. The van der Waals surface area contributed by atoms with Gasteiger partial charge in [-0.3, -0.25) is 0 Å². The largest absolute Gasteiger partial charge is 0.493 e. The lowest BCUT2D eigenvalue weighted by atomic mass is 10.3. The summed E-state index contributed by atoms with van der Waals surface area (Å²) in [5.41, 5.74) is 0. The highest BCUT2D eigenvalue weighted by molar-refractivity contribution is 7.89. The molecule has 0 aliphatic rings. The van der Waals surface area contributed by atoms with Crippen molar-refractivity contribution >= 4 is 10.0 Å². The Hall–Kier alpha value is -1.31. The van der Waals surface area contributed by atoms with Crippen molar-refractivity contribution in [1.82, 2.24) is 4.72 Å². The van der Waals surface area contributed by atoms with Crippen molar-refractivity contribution in [3.8, 4) is 11.5 Å². The van der Waals surface area contributed by atoms with Gasteiger partial charge in [0.2, 0.25) is 10.0 Å². The quantitative estimate of drug-likeness (QED) is 0.783. The van der Waals surface area contributed by atoms with E-state index in [-0.39, 0.29) is 11.5 Å². The predicted octanol–water partition coefficient (Wildman–Crippen LogP) is 0.363. The van der Waals surface area contributed by atoms with Gasteiger partial charge in [0.1, 0.15) is 0 Å². The number of sulfonamides is 1. The minimum atomic E-state index is -3.67. The molecule has 0 heterocycles. The third-order valence-electron chi connectivity index (χ3n) is 2.30. The van der Waals surface area contributed by atoms with E-state index in [1.54, 1.807) is 6.92 Å². The fourth-order valence-corrected chi connectivity index (χ4v) is 2.60. The summed E-state index contributed by atoms with van der Waals surface area (Å²) in [5, 5.41) is 8.86. The first-order valence-corrected chi connectivity index (χ1v) is 6.78. The Morgan fingerprint density at radius 2 is 1.89 bits per heavy atom. The maximum Gasteiger partial charge on any atom is 0.241 e. The van der Waals surface area contributed by atoms with E-state index in [0.717, 1.165) is 0 Å². The molecule has 1 aromatic rings. The van der Waals surface area contributed by atoms with Gasteiger partial charge in [0.05, 0.1) is 25.7 Å². The molecule has 0 saturated carbocycles. The first-order chi connectivity index (χ1) is 8.44. The monoisotopic (exact) mass is 275 g/mol. The molecule has 0 unspecified atom stereocenters. The zero-order chi connectivity index (χ0) is 13.8. The van der Waals surface area contributed by atoms with Crippen LogP contribution in [0.3, 0.4) is 0 Å². The Labute approximate surface area is 107 Å². The van der Waals surface area contributed by atoms with E-state index >= 15 is 0 Å². The summed E-state index contributed by atoms with van der Waals surface area (Å²) in [6, 6.07) is 3.74. The Morgan fingerprint density at radius 1 is 1.28 bits per heavy atom. The van der Waals surface area contributed by atoms with E-state index in [0.29, 0.717) is 11.5 Å². The maximum atomic E-state index is 12.0. The summed E-state index contributed by atoms with van der Waals surface area (Å²) in [7, 11) is -0.776. The first-order valence-electron chi connectivity index (χ1n) is 5.29. The molecule has 1 aromatic carbocycles. The van der Waals surface area contributed by atoms with Crippen molar-refractivity contribution in [3.05, 3.63) is 18.2 Å². The fraction of sp³-hybridized carbons (Fsp3) is 0.455. The summed E-state index contributed by atoms with van der Waals surface area (Å²) in [5.74, 6) is 0.781. The van der Waals surface area contributed by atoms with Crippen LogP contribution in [0.25, 0.3) is 0 Å². The number of methoxy groups -OCH3 is 2. The number of aliphatic hydroxyl groups excluding tert-OH is 1. The van der Waals surface area contributed by atoms with Gasteiger partial charge in [-0.05, 0) is 19.1 Å². The van der Waals surface area contributed by atoms with Gasteiger partial charge < -0.3 is 14.6 Å². The summed E-state index contributed by atoms with van der Waals surface area (Å²) in [6.45, 7) is 1.30. The van der Waals surface area contributed by atoms with Crippen LogP contribution in [0.15, 0.2) is 23.1 Å². The third-order valence-corrected chi connectivity index (χ3v) is 3.88. The zero-order valence-electron chi connectivity index (χ0n) is 10.5. The number of ether oxygens (including phenoxy) is 2. The van der Waals surface area contributed by atoms with Crippen molar-refractivity contribution in [3.63, 3.8) is 0 Å². The molecule has 0 bridgehead atoms. The van der Waals surface area contributed by atoms with E-state index in [1.807, 2.05) is 0 Å². The van der Waals surface area contributed by atoms with E-state index in [1.165, 1.54) is 32.4 Å². The average molecular weight is 275 g/mol. The van der Waals surface area contributed by atoms with Crippen LogP contribution in [-0.4, -0.2) is 40.4 Å². The Morgan fingerprint density at radius 3 is 2.39 bits per heavy atom. The lowest BCUT2D eigenvalue weighted by Crippen LogP contribution is -2.34. The van der Waals surface area contributed by atoms with Gasteiger partial charge in [-0.1, -0.05) is 0 Å².